The van der Waals surface area contributed by atoms with Crippen LogP contribution in [0.5, 0.6) is 0 Å². The van der Waals surface area contributed by atoms with Crippen molar-refractivity contribution < 1.29 is 4.79 Å². The van der Waals surface area contributed by atoms with Gasteiger partial charge in [0.25, 0.3) is 0 Å². The molecule has 1 saturated carbocycles. The van der Waals surface area contributed by atoms with Gasteiger partial charge in [0.05, 0.1) is 0 Å². The molecule has 1 aliphatic carbocycles. The molecule has 18 heavy (non-hydrogen) atoms. The molecule has 1 fully saturated rings. The molecule has 1 atom stereocenters. The van der Waals surface area contributed by atoms with Crippen LogP contribution in [0.1, 0.15) is 59.8 Å². The van der Waals surface area contributed by atoms with Crippen LogP contribution in [-0.2, 0) is 4.79 Å². The van der Waals surface area contributed by atoms with Crippen LogP contribution in [0.2, 0.25) is 0 Å². The van der Waals surface area contributed by atoms with Crippen molar-refractivity contribution in [1.29, 1.82) is 0 Å². The largest absolute Gasteiger partial charge is 0.340 e. The minimum Gasteiger partial charge on any atom is -0.340 e. The van der Waals surface area contributed by atoms with E-state index in [0.29, 0.717) is 24.3 Å². The van der Waals surface area contributed by atoms with Gasteiger partial charge in [-0.25, -0.2) is 0 Å². The Morgan fingerprint density at radius 3 is 2.39 bits per heavy atom. The summed E-state index contributed by atoms with van der Waals surface area (Å²) in [7, 11) is 0. The molecule has 0 aromatic heterocycles. The number of carbonyl (C=O) groups excluding carboxylic acids is 1. The number of hydrogen-bond acceptors (Lipinski definition) is 1. The fourth-order valence-electron chi connectivity index (χ4n) is 2.12. The summed E-state index contributed by atoms with van der Waals surface area (Å²) >= 11 is 3.46. The van der Waals surface area contributed by atoms with E-state index in [0.717, 1.165) is 18.3 Å². The van der Waals surface area contributed by atoms with Crippen molar-refractivity contribution in [3.05, 3.63) is 0 Å². The standard InChI is InChI=1S/C15H28BrNO/c1-12(15(2,3)4)11-14(18)17(10-6-9-16)13-7-5-8-13/h12-13H,5-11H2,1-4H3. The summed E-state index contributed by atoms with van der Waals surface area (Å²) in [6, 6.07) is 0.531. The van der Waals surface area contributed by atoms with Gasteiger partial charge in [0.2, 0.25) is 5.91 Å². The van der Waals surface area contributed by atoms with Crippen LogP contribution in [0, 0.1) is 11.3 Å². The summed E-state index contributed by atoms with van der Waals surface area (Å²) in [6.07, 6.45) is 5.46. The summed E-state index contributed by atoms with van der Waals surface area (Å²) in [5.74, 6) is 0.805. The summed E-state index contributed by atoms with van der Waals surface area (Å²) in [5.41, 5.74) is 0.219. The lowest BCUT2D eigenvalue weighted by atomic mass is 9.79. The number of nitrogens with zero attached hydrogens (tertiary/aromatic N) is 1. The van der Waals surface area contributed by atoms with E-state index in [1.54, 1.807) is 0 Å². The number of hydrogen-bond donors (Lipinski definition) is 0. The SMILES string of the molecule is CC(CC(=O)N(CCCBr)C1CCC1)C(C)(C)C. The fourth-order valence-corrected chi connectivity index (χ4v) is 2.38. The molecule has 1 aliphatic rings. The molecule has 1 amide bonds. The van der Waals surface area contributed by atoms with E-state index in [1.165, 1.54) is 19.3 Å². The highest BCUT2D eigenvalue weighted by molar-refractivity contribution is 9.09. The Kier molecular flexibility index (Phi) is 6.16. The molecule has 0 aromatic rings. The number of alkyl halides is 1. The topological polar surface area (TPSA) is 20.3 Å². The molecule has 0 aromatic carbocycles. The predicted molar refractivity (Wildman–Crippen MR) is 81.0 cm³/mol. The number of carbonyl (C=O) groups is 1. The van der Waals surface area contributed by atoms with Gasteiger partial charge in [-0.15, -0.1) is 0 Å². The summed E-state index contributed by atoms with van der Waals surface area (Å²) < 4.78 is 0. The van der Waals surface area contributed by atoms with Crippen LogP contribution >= 0.6 is 15.9 Å². The quantitative estimate of drug-likeness (QED) is 0.671. The maximum absolute atomic E-state index is 12.5. The lowest BCUT2D eigenvalue weighted by molar-refractivity contribution is -0.137. The van der Waals surface area contributed by atoms with Crippen LogP contribution < -0.4 is 0 Å². The highest BCUT2D eigenvalue weighted by atomic mass is 79.9. The fraction of sp³-hybridized carbons (Fsp3) is 0.933. The third kappa shape index (κ3) is 4.56. The second-order valence-corrected chi connectivity index (χ2v) is 7.48. The molecule has 0 spiro atoms. The van der Waals surface area contributed by atoms with Crippen LogP contribution in [0.15, 0.2) is 0 Å². The Bertz CT molecular complexity index is 268. The predicted octanol–water partition coefficient (Wildman–Crippen LogP) is 4.22. The van der Waals surface area contributed by atoms with Gasteiger partial charge in [0.1, 0.15) is 0 Å². The Balaban J connectivity index is 2.53. The van der Waals surface area contributed by atoms with E-state index in [-0.39, 0.29) is 5.41 Å². The second kappa shape index (κ2) is 6.93. The summed E-state index contributed by atoms with van der Waals surface area (Å²) in [6.45, 7) is 9.78. The third-order valence-electron chi connectivity index (χ3n) is 4.33. The second-order valence-electron chi connectivity index (χ2n) is 6.69. The highest BCUT2D eigenvalue weighted by Gasteiger charge is 2.31. The molecule has 1 rings (SSSR count). The van der Waals surface area contributed by atoms with Crippen molar-refractivity contribution in [3.63, 3.8) is 0 Å². The highest BCUT2D eigenvalue weighted by Crippen LogP contribution is 2.31. The zero-order valence-electron chi connectivity index (χ0n) is 12.3. The van der Waals surface area contributed by atoms with Crippen molar-refractivity contribution in [1.82, 2.24) is 4.90 Å². The van der Waals surface area contributed by atoms with E-state index >= 15 is 0 Å². The van der Waals surface area contributed by atoms with E-state index in [1.807, 2.05) is 0 Å². The van der Waals surface area contributed by atoms with Gasteiger partial charge in [0.15, 0.2) is 0 Å². The number of halogens is 1. The van der Waals surface area contributed by atoms with Crippen LogP contribution in [-0.4, -0.2) is 28.7 Å². The first-order chi connectivity index (χ1) is 8.36. The summed E-state index contributed by atoms with van der Waals surface area (Å²) in [4.78, 5) is 14.6. The Morgan fingerprint density at radius 2 is 2.00 bits per heavy atom. The van der Waals surface area contributed by atoms with Gasteiger partial charge in [0, 0.05) is 24.3 Å². The first-order valence-electron chi connectivity index (χ1n) is 7.21. The van der Waals surface area contributed by atoms with Gasteiger partial charge in [-0.3, -0.25) is 4.79 Å². The monoisotopic (exact) mass is 317 g/mol. The van der Waals surface area contributed by atoms with Crippen molar-refractivity contribution in [3.8, 4) is 0 Å². The molecule has 2 nitrogen and oxygen atoms in total. The van der Waals surface area contributed by atoms with Crippen LogP contribution in [0.25, 0.3) is 0 Å². The van der Waals surface area contributed by atoms with E-state index in [2.05, 4.69) is 48.5 Å². The van der Waals surface area contributed by atoms with E-state index in [9.17, 15) is 4.79 Å². The molecule has 0 saturated heterocycles. The average Bonchev–Trinajstić information content (AvgIpc) is 2.19. The zero-order chi connectivity index (χ0) is 13.8. The smallest absolute Gasteiger partial charge is 0.223 e. The van der Waals surface area contributed by atoms with Crippen molar-refractivity contribution in [2.24, 2.45) is 11.3 Å². The molecular formula is C15H28BrNO. The Hall–Kier alpha value is -0.0500. The normalized spacial score (nSPS) is 18.3. The van der Waals surface area contributed by atoms with E-state index in [4.69, 9.17) is 0 Å². The molecule has 0 heterocycles. The van der Waals surface area contributed by atoms with Crippen LogP contribution in [0.4, 0.5) is 0 Å². The molecule has 0 bridgehead atoms. The summed E-state index contributed by atoms with van der Waals surface area (Å²) in [5, 5.41) is 0.984. The number of rotatable bonds is 6. The van der Waals surface area contributed by atoms with Gasteiger partial charge in [-0.05, 0) is 37.0 Å². The first kappa shape index (κ1) is 16.0. The molecule has 0 radical (unpaired) electrons. The Labute approximate surface area is 121 Å². The molecule has 3 heteroatoms. The van der Waals surface area contributed by atoms with Gasteiger partial charge in [-0.2, -0.15) is 0 Å². The zero-order valence-corrected chi connectivity index (χ0v) is 13.9. The first-order valence-corrected chi connectivity index (χ1v) is 8.34. The maximum Gasteiger partial charge on any atom is 0.223 e. The molecule has 1 unspecified atom stereocenters. The molecular weight excluding hydrogens is 290 g/mol. The third-order valence-corrected chi connectivity index (χ3v) is 4.89. The minimum absolute atomic E-state index is 0.219. The van der Waals surface area contributed by atoms with Crippen LogP contribution in [0.3, 0.4) is 0 Å². The van der Waals surface area contributed by atoms with Crippen molar-refractivity contribution in [2.45, 2.75) is 65.8 Å². The van der Waals surface area contributed by atoms with Crippen molar-refractivity contribution in [2.75, 3.05) is 11.9 Å². The minimum atomic E-state index is 0.219. The number of amides is 1. The van der Waals surface area contributed by atoms with Gasteiger partial charge in [-0.1, -0.05) is 43.6 Å². The van der Waals surface area contributed by atoms with Gasteiger partial charge < -0.3 is 4.90 Å². The lowest BCUT2D eigenvalue weighted by Crippen LogP contribution is -2.45. The lowest BCUT2D eigenvalue weighted by Gasteiger charge is -2.39. The molecule has 0 aliphatic heterocycles. The average molecular weight is 318 g/mol. The molecule has 106 valence electrons. The maximum atomic E-state index is 12.5. The van der Waals surface area contributed by atoms with E-state index < -0.39 is 0 Å². The van der Waals surface area contributed by atoms with Gasteiger partial charge >= 0.3 is 0 Å². The van der Waals surface area contributed by atoms with Crippen molar-refractivity contribution >= 4 is 21.8 Å². The molecule has 0 N–H and O–H groups in total. The Morgan fingerprint density at radius 1 is 1.39 bits per heavy atom.